The first-order valence-electron chi connectivity index (χ1n) is 6.22. The van der Waals surface area contributed by atoms with Gasteiger partial charge in [0.05, 0.1) is 11.5 Å². The van der Waals surface area contributed by atoms with Crippen LogP contribution in [0.15, 0.2) is 29.2 Å². The van der Waals surface area contributed by atoms with Gasteiger partial charge in [0, 0.05) is 27.4 Å². The molecule has 0 bridgehead atoms. The monoisotopic (exact) mass is 336 g/mol. The molecule has 9 heteroatoms. The minimum Gasteiger partial charge on any atom is -0.494 e. The lowest BCUT2D eigenvalue weighted by Crippen LogP contribution is -2.42. The highest BCUT2D eigenvalue weighted by Crippen LogP contribution is 2.18. The van der Waals surface area contributed by atoms with E-state index in [9.17, 15) is 8.42 Å². The Kier molecular flexibility index (Phi) is 6.78. The van der Waals surface area contributed by atoms with E-state index in [2.05, 4.69) is 0 Å². The molecule has 0 aliphatic carbocycles. The second-order valence-electron chi connectivity index (χ2n) is 4.19. The normalized spacial score (nSPS) is 12.4. The quantitative estimate of drug-likeness (QED) is 0.416. The van der Waals surface area contributed by atoms with Gasteiger partial charge in [-0.05, 0) is 30.7 Å². The van der Waals surface area contributed by atoms with Crippen LogP contribution in [-0.2, 0) is 23.4 Å². The van der Waals surface area contributed by atoms with Crippen molar-refractivity contribution in [2.45, 2.75) is 17.4 Å². The molecular weight excluding hydrogens is 316 g/mol. The van der Waals surface area contributed by atoms with Gasteiger partial charge in [-0.15, -0.1) is 0 Å². The van der Waals surface area contributed by atoms with E-state index in [4.69, 9.17) is 22.6 Å². The van der Waals surface area contributed by atoms with Crippen molar-refractivity contribution in [2.24, 2.45) is 0 Å². The Morgan fingerprint density at radius 3 is 2.00 bits per heavy atom. The molecule has 0 atom stereocenters. The molecule has 0 amide bonds. The van der Waals surface area contributed by atoms with Gasteiger partial charge in [0.25, 0.3) is 10.1 Å². The van der Waals surface area contributed by atoms with Gasteiger partial charge < -0.3 is 18.0 Å². The summed E-state index contributed by atoms with van der Waals surface area (Å²) in [6, 6.07) is 6.14. The Balaban J connectivity index is 2.46. The second kappa shape index (κ2) is 7.87. The fourth-order valence-corrected chi connectivity index (χ4v) is 3.91. The van der Waals surface area contributed by atoms with E-state index in [1.54, 1.807) is 21.3 Å². The molecule has 0 fully saturated rings. The Labute approximate surface area is 125 Å². The lowest BCUT2D eigenvalue weighted by Gasteiger charge is -2.24. The van der Waals surface area contributed by atoms with Gasteiger partial charge in [0.15, 0.2) is 0 Å². The standard InChI is InChI=1S/C12H20O7SSi/c1-16-21(17-2,18-3)10-4-9-19-11-5-7-12(8-6-11)20(13,14)15/h5-8H,4,9-10H2,1-3H3,(H,13,14,15). The first-order valence-corrected chi connectivity index (χ1v) is 9.60. The van der Waals surface area contributed by atoms with Gasteiger partial charge in [-0.2, -0.15) is 8.42 Å². The van der Waals surface area contributed by atoms with Crippen molar-refractivity contribution in [3.8, 4) is 5.75 Å². The van der Waals surface area contributed by atoms with Crippen LogP contribution in [0.2, 0.25) is 6.04 Å². The van der Waals surface area contributed by atoms with Crippen molar-refractivity contribution in [2.75, 3.05) is 27.9 Å². The molecule has 0 spiro atoms. The predicted octanol–water partition coefficient (Wildman–Crippen LogP) is 1.58. The maximum absolute atomic E-state index is 10.9. The molecule has 0 saturated heterocycles. The van der Waals surface area contributed by atoms with E-state index in [0.29, 0.717) is 24.8 Å². The van der Waals surface area contributed by atoms with Crippen molar-refractivity contribution >= 4 is 18.9 Å². The highest BCUT2D eigenvalue weighted by atomic mass is 32.2. The molecule has 0 unspecified atom stereocenters. The molecule has 7 nitrogen and oxygen atoms in total. The summed E-state index contributed by atoms with van der Waals surface area (Å²) in [5, 5.41) is 0. The number of rotatable bonds is 9. The summed E-state index contributed by atoms with van der Waals surface area (Å²) in [4.78, 5) is -0.167. The van der Waals surface area contributed by atoms with Crippen LogP contribution < -0.4 is 4.74 Å². The third kappa shape index (κ3) is 5.38. The van der Waals surface area contributed by atoms with E-state index in [0.717, 1.165) is 0 Å². The number of hydrogen-bond donors (Lipinski definition) is 1. The molecule has 0 heterocycles. The van der Waals surface area contributed by atoms with Crippen LogP contribution in [0.1, 0.15) is 6.42 Å². The fraction of sp³-hybridized carbons (Fsp3) is 0.500. The maximum Gasteiger partial charge on any atom is 0.500 e. The van der Waals surface area contributed by atoms with Crippen LogP contribution in [0.25, 0.3) is 0 Å². The molecule has 1 aromatic carbocycles. The zero-order valence-corrected chi connectivity index (χ0v) is 14.1. The van der Waals surface area contributed by atoms with Crippen LogP contribution in [0.5, 0.6) is 5.75 Å². The average Bonchev–Trinajstić information content (AvgIpc) is 2.48. The Morgan fingerprint density at radius 1 is 1.05 bits per heavy atom. The smallest absolute Gasteiger partial charge is 0.494 e. The van der Waals surface area contributed by atoms with Crippen molar-refractivity contribution in [3.63, 3.8) is 0 Å². The molecule has 0 saturated carbocycles. The van der Waals surface area contributed by atoms with Crippen LogP contribution >= 0.6 is 0 Å². The highest BCUT2D eigenvalue weighted by Gasteiger charge is 2.36. The molecule has 1 aromatic rings. The van der Waals surface area contributed by atoms with E-state index >= 15 is 0 Å². The maximum atomic E-state index is 10.9. The average molecular weight is 336 g/mol. The van der Waals surface area contributed by atoms with E-state index in [1.165, 1.54) is 24.3 Å². The minimum atomic E-state index is -4.17. The molecule has 0 radical (unpaired) electrons. The van der Waals surface area contributed by atoms with Crippen molar-refractivity contribution in [1.82, 2.24) is 0 Å². The number of ether oxygens (including phenoxy) is 1. The van der Waals surface area contributed by atoms with Gasteiger partial charge >= 0.3 is 8.80 Å². The van der Waals surface area contributed by atoms with E-state index in [1.807, 2.05) is 0 Å². The molecule has 0 aliphatic heterocycles. The predicted molar refractivity (Wildman–Crippen MR) is 78.0 cm³/mol. The summed E-state index contributed by atoms with van der Waals surface area (Å²) in [6.07, 6.45) is 0.668. The number of benzene rings is 1. The van der Waals surface area contributed by atoms with Gasteiger partial charge in [0.1, 0.15) is 5.75 Å². The van der Waals surface area contributed by atoms with E-state index < -0.39 is 18.9 Å². The summed E-state index contributed by atoms with van der Waals surface area (Å²) < 4.78 is 52.0. The van der Waals surface area contributed by atoms with Crippen molar-refractivity contribution in [3.05, 3.63) is 24.3 Å². The topological polar surface area (TPSA) is 91.3 Å². The van der Waals surface area contributed by atoms with Crippen LogP contribution in [-0.4, -0.2) is 49.7 Å². The SMILES string of the molecule is CO[Si](CCCOc1ccc(S(=O)(=O)O)cc1)(OC)OC. The second-order valence-corrected chi connectivity index (χ2v) is 8.71. The van der Waals surface area contributed by atoms with Crippen LogP contribution in [0, 0.1) is 0 Å². The van der Waals surface area contributed by atoms with Crippen molar-refractivity contribution in [1.29, 1.82) is 0 Å². The minimum absolute atomic E-state index is 0.167. The van der Waals surface area contributed by atoms with Gasteiger partial charge in [0.2, 0.25) is 0 Å². The van der Waals surface area contributed by atoms with Gasteiger partial charge in [-0.25, -0.2) is 0 Å². The summed E-state index contributed by atoms with van der Waals surface area (Å²) in [6.45, 7) is 0.413. The fourth-order valence-electron chi connectivity index (χ4n) is 1.74. The third-order valence-corrected chi connectivity index (χ3v) is 6.65. The first-order chi connectivity index (χ1) is 9.87. The zero-order chi connectivity index (χ0) is 15.9. The Hall–Kier alpha value is -0.973. The molecule has 1 N–H and O–H groups in total. The van der Waals surface area contributed by atoms with Crippen LogP contribution in [0.4, 0.5) is 0 Å². The van der Waals surface area contributed by atoms with Crippen molar-refractivity contribution < 1.29 is 31.0 Å². The highest BCUT2D eigenvalue weighted by molar-refractivity contribution is 7.85. The summed E-state index contributed by atoms with van der Waals surface area (Å²) in [7, 11) is -2.11. The van der Waals surface area contributed by atoms with Gasteiger partial charge in [-0.3, -0.25) is 4.55 Å². The Morgan fingerprint density at radius 2 is 1.57 bits per heavy atom. The lowest BCUT2D eigenvalue weighted by molar-refractivity contribution is 0.121. The molecule has 120 valence electrons. The summed E-state index contributed by atoms with van der Waals surface area (Å²) >= 11 is 0. The van der Waals surface area contributed by atoms with Gasteiger partial charge in [-0.1, -0.05) is 0 Å². The third-order valence-electron chi connectivity index (χ3n) is 2.95. The largest absolute Gasteiger partial charge is 0.500 e. The summed E-state index contributed by atoms with van der Waals surface area (Å²) in [5.41, 5.74) is 0. The Bertz CT molecular complexity index is 517. The molecule has 0 aliphatic rings. The zero-order valence-electron chi connectivity index (χ0n) is 12.2. The molecule has 1 rings (SSSR count). The number of hydrogen-bond acceptors (Lipinski definition) is 6. The van der Waals surface area contributed by atoms with E-state index in [-0.39, 0.29) is 4.90 Å². The molecule has 0 aromatic heterocycles. The molecule has 21 heavy (non-hydrogen) atoms. The first kappa shape index (κ1) is 18.1. The molecular formula is C12H20O7SSi. The lowest BCUT2D eigenvalue weighted by atomic mass is 10.3. The summed E-state index contributed by atoms with van der Waals surface area (Å²) in [5.74, 6) is 0.516. The van der Waals surface area contributed by atoms with Crippen LogP contribution in [0.3, 0.4) is 0 Å².